The van der Waals surface area contributed by atoms with E-state index in [1.54, 1.807) is 0 Å². The third-order valence-corrected chi connectivity index (χ3v) is 4.51. The van der Waals surface area contributed by atoms with Gasteiger partial charge in [0.1, 0.15) is 0 Å². The van der Waals surface area contributed by atoms with E-state index in [9.17, 15) is 4.39 Å². The Morgan fingerprint density at radius 1 is 1.10 bits per heavy atom. The third kappa shape index (κ3) is 5.59. The predicted octanol–water partition coefficient (Wildman–Crippen LogP) is 4.95. The van der Waals surface area contributed by atoms with E-state index in [1.807, 2.05) is 12.1 Å². The minimum Gasteiger partial charge on any atom is -0.369 e. The summed E-state index contributed by atoms with van der Waals surface area (Å²) in [5.74, 6) is 1.04. The molecule has 0 fully saturated rings. The number of hydrogen-bond donors (Lipinski definition) is 1. The second kappa shape index (κ2) is 8.74. The number of hydrogen-bond acceptors (Lipinski definition) is 2. The van der Waals surface area contributed by atoms with E-state index in [2.05, 4.69) is 48.5 Å². The van der Waals surface area contributed by atoms with Crippen LogP contribution in [-0.2, 0) is 6.54 Å². The normalized spacial score (nSPS) is 11.5. The molecule has 120 valence electrons. The van der Waals surface area contributed by atoms with Crippen LogP contribution >= 0.6 is 15.9 Å². The summed E-state index contributed by atoms with van der Waals surface area (Å²) in [7, 11) is 0. The zero-order chi connectivity index (χ0) is 16.0. The Morgan fingerprint density at radius 2 is 1.62 bits per heavy atom. The van der Waals surface area contributed by atoms with Gasteiger partial charge in [0.15, 0.2) is 5.82 Å². The van der Waals surface area contributed by atoms with Crippen molar-refractivity contribution in [1.29, 1.82) is 0 Å². The molecule has 0 aliphatic rings. The molecule has 0 heterocycles. The third-order valence-electron chi connectivity index (χ3n) is 3.66. The summed E-state index contributed by atoms with van der Waals surface area (Å²) in [5.41, 5.74) is 7.12. The first kappa shape index (κ1) is 18.4. The van der Waals surface area contributed by atoms with Gasteiger partial charge >= 0.3 is 0 Å². The van der Waals surface area contributed by atoms with Crippen LogP contribution in [0.1, 0.15) is 46.1 Å². The minimum atomic E-state index is -0.189. The lowest BCUT2D eigenvalue weighted by atomic mass is 10.1. The van der Waals surface area contributed by atoms with Crippen molar-refractivity contribution < 1.29 is 4.39 Å². The monoisotopic (exact) mass is 358 g/mol. The Hall–Kier alpha value is -0.610. The van der Waals surface area contributed by atoms with Gasteiger partial charge in [0.25, 0.3) is 0 Å². The van der Waals surface area contributed by atoms with E-state index in [1.165, 1.54) is 0 Å². The molecule has 0 saturated carbocycles. The molecule has 4 heteroatoms. The van der Waals surface area contributed by atoms with Crippen molar-refractivity contribution in [2.24, 2.45) is 17.6 Å². The van der Waals surface area contributed by atoms with Gasteiger partial charge in [-0.25, -0.2) is 4.39 Å². The second-order valence-electron chi connectivity index (χ2n) is 6.43. The molecule has 0 saturated heterocycles. The van der Waals surface area contributed by atoms with Crippen molar-refractivity contribution in [3.8, 4) is 0 Å². The van der Waals surface area contributed by atoms with E-state index < -0.39 is 0 Å². The molecule has 0 aliphatic carbocycles. The molecule has 2 nitrogen and oxygen atoms in total. The summed E-state index contributed by atoms with van der Waals surface area (Å²) in [6.07, 6.45) is 2.13. The van der Waals surface area contributed by atoms with Gasteiger partial charge in [0.2, 0.25) is 0 Å². The Balaban J connectivity index is 2.98. The number of halogens is 2. The van der Waals surface area contributed by atoms with Crippen molar-refractivity contribution in [2.45, 2.75) is 47.1 Å². The zero-order valence-electron chi connectivity index (χ0n) is 13.6. The fraction of sp³-hybridized carbons (Fsp3) is 0.647. The molecular formula is C17H28BrFN2. The standard InChI is InChI=1S/C17H28BrFN2/c1-12(2)7-9-21(10-8-13(3)4)15-6-5-14(11-20)16(18)17(15)19/h5-6,12-13H,7-11,20H2,1-4H3. The van der Waals surface area contributed by atoms with Crippen LogP contribution in [0.2, 0.25) is 0 Å². The summed E-state index contributed by atoms with van der Waals surface area (Å²) in [4.78, 5) is 2.17. The number of anilines is 1. The molecule has 2 N–H and O–H groups in total. The number of nitrogens with two attached hydrogens (primary N) is 1. The molecule has 0 unspecified atom stereocenters. The topological polar surface area (TPSA) is 29.3 Å². The summed E-state index contributed by atoms with van der Waals surface area (Å²) in [6.45, 7) is 10.9. The first-order chi connectivity index (χ1) is 9.86. The maximum atomic E-state index is 14.6. The average Bonchev–Trinajstić information content (AvgIpc) is 2.42. The molecule has 1 aromatic rings. The van der Waals surface area contributed by atoms with Crippen molar-refractivity contribution in [3.05, 3.63) is 28.0 Å². The first-order valence-electron chi connectivity index (χ1n) is 7.78. The van der Waals surface area contributed by atoms with Gasteiger partial charge in [-0.1, -0.05) is 33.8 Å². The van der Waals surface area contributed by atoms with E-state index in [4.69, 9.17) is 5.73 Å². The highest BCUT2D eigenvalue weighted by Gasteiger charge is 2.16. The predicted molar refractivity (Wildman–Crippen MR) is 93.1 cm³/mol. The Labute approximate surface area is 137 Å². The smallest absolute Gasteiger partial charge is 0.160 e. The molecular weight excluding hydrogens is 331 g/mol. The van der Waals surface area contributed by atoms with Crippen molar-refractivity contribution in [2.75, 3.05) is 18.0 Å². The highest BCUT2D eigenvalue weighted by Crippen LogP contribution is 2.30. The van der Waals surface area contributed by atoms with Crippen LogP contribution in [-0.4, -0.2) is 13.1 Å². The molecule has 0 amide bonds. The summed E-state index contributed by atoms with van der Waals surface area (Å²) in [5, 5.41) is 0. The maximum absolute atomic E-state index is 14.6. The molecule has 21 heavy (non-hydrogen) atoms. The highest BCUT2D eigenvalue weighted by molar-refractivity contribution is 9.10. The largest absolute Gasteiger partial charge is 0.369 e. The summed E-state index contributed by atoms with van der Waals surface area (Å²) < 4.78 is 15.1. The van der Waals surface area contributed by atoms with Gasteiger partial charge in [-0.3, -0.25) is 0 Å². The SMILES string of the molecule is CC(C)CCN(CCC(C)C)c1ccc(CN)c(Br)c1F. The molecule has 1 aromatic carbocycles. The Morgan fingerprint density at radius 3 is 2.05 bits per heavy atom. The molecule has 0 spiro atoms. The van der Waals surface area contributed by atoms with Crippen LogP contribution in [0.25, 0.3) is 0 Å². The Kier molecular flexibility index (Phi) is 7.67. The van der Waals surface area contributed by atoms with Crippen LogP contribution in [0, 0.1) is 17.7 Å². The van der Waals surface area contributed by atoms with Gasteiger partial charge in [0, 0.05) is 19.6 Å². The van der Waals surface area contributed by atoms with Crippen molar-refractivity contribution >= 4 is 21.6 Å². The van der Waals surface area contributed by atoms with Crippen LogP contribution in [0.3, 0.4) is 0 Å². The van der Waals surface area contributed by atoms with E-state index in [0.29, 0.717) is 28.5 Å². The number of nitrogens with zero attached hydrogens (tertiary/aromatic N) is 1. The lowest BCUT2D eigenvalue weighted by Crippen LogP contribution is -2.28. The van der Waals surface area contributed by atoms with Crippen molar-refractivity contribution in [3.63, 3.8) is 0 Å². The molecule has 0 atom stereocenters. The minimum absolute atomic E-state index is 0.189. The molecule has 0 radical (unpaired) electrons. The molecule has 0 aliphatic heterocycles. The highest BCUT2D eigenvalue weighted by atomic mass is 79.9. The first-order valence-corrected chi connectivity index (χ1v) is 8.58. The van der Waals surface area contributed by atoms with E-state index in [-0.39, 0.29) is 5.82 Å². The molecule has 0 aromatic heterocycles. The molecule has 0 bridgehead atoms. The van der Waals surface area contributed by atoms with Gasteiger partial charge in [-0.05, 0) is 52.2 Å². The lowest BCUT2D eigenvalue weighted by molar-refractivity contribution is 0.525. The fourth-order valence-electron chi connectivity index (χ4n) is 2.16. The number of benzene rings is 1. The van der Waals surface area contributed by atoms with Crippen LogP contribution < -0.4 is 10.6 Å². The quantitative estimate of drug-likeness (QED) is 0.712. The summed E-state index contributed by atoms with van der Waals surface area (Å²) >= 11 is 3.34. The van der Waals surface area contributed by atoms with Crippen molar-refractivity contribution in [1.82, 2.24) is 0 Å². The van der Waals surface area contributed by atoms with E-state index in [0.717, 1.165) is 31.5 Å². The Bertz CT molecular complexity index is 435. The number of rotatable bonds is 8. The zero-order valence-corrected chi connectivity index (χ0v) is 15.2. The lowest BCUT2D eigenvalue weighted by Gasteiger charge is -2.27. The van der Waals surface area contributed by atoms with Gasteiger partial charge in [-0.2, -0.15) is 0 Å². The van der Waals surface area contributed by atoms with E-state index >= 15 is 0 Å². The van der Waals surface area contributed by atoms with Gasteiger partial charge < -0.3 is 10.6 Å². The van der Waals surface area contributed by atoms with Gasteiger partial charge in [-0.15, -0.1) is 0 Å². The van der Waals surface area contributed by atoms with Crippen LogP contribution in [0.4, 0.5) is 10.1 Å². The maximum Gasteiger partial charge on any atom is 0.160 e. The fourth-order valence-corrected chi connectivity index (χ4v) is 2.66. The molecule has 1 rings (SSSR count). The van der Waals surface area contributed by atoms with Crippen LogP contribution in [0.15, 0.2) is 16.6 Å². The van der Waals surface area contributed by atoms with Gasteiger partial charge in [0.05, 0.1) is 10.2 Å². The van der Waals surface area contributed by atoms with Crippen LogP contribution in [0.5, 0.6) is 0 Å². The average molecular weight is 359 g/mol. The second-order valence-corrected chi connectivity index (χ2v) is 7.22. The summed E-state index contributed by atoms with van der Waals surface area (Å²) in [6, 6.07) is 3.78.